The Morgan fingerprint density at radius 2 is 1.58 bits per heavy atom. The van der Waals surface area contributed by atoms with Crippen molar-refractivity contribution in [2.75, 3.05) is 24.2 Å². The van der Waals surface area contributed by atoms with Crippen LogP contribution < -0.4 is 9.62 Å². The van der Waals surface area contributed by atoms with E-state index in [2.05, 4.69) is 21.2 Å². The van der Waals surface area contributed by atoms with E-state index in [-0.39, 0.29) is 18.9 Å². The number of anilines is 1. The zero-order valence-electron chi connectivity index (χ0n) is 20.5. The van der Waals surface area contributed by atoms with Crippen LogP contribution in [0.4, 0.5) is 5.69 Å². The molecule has 0 aliphatic heterocycles. The lowest BCUT2D eigenvalue weighted by atomic mass is 10.0. The summed E-state index contributed by atoms with van der Waals surface area (Å²) in [6.45, 7) is 1.67. The highest BCUT2D eigenvalue weighted by Crippen LogP contribution is 2.22. The molecule has 0 aromatic heterocycles. The van der Waals surface area contributed by atoms with Crippen LogP contribution in [0, 0.1) is 6.92 Å². The number of nitrogens with one attached hydrogen (secondary N) is 1. The van der Waals surface area contributed by atoms with Gasteiger partial charge in [-0.15, -0.1) is 0 Å². The molecule has 36 heavy (non-hydrogen) atoms. The Morgan fingerprint density at radius 3 is 2.17 bits per heavy atom. The second-order valence-electron chi connectivity index (χ2n) is 8.58. The highest BCUT2D eigenvalue weighted by atomic mass is 79.9. The molecule has 0 aliphatic rings. The third-order valence-electron chi connectivity index (χ3n) is 5.75. The minimum Gasteiger partial charge on any atom is -0.357 e. The van der Waals surface area contributed by atoms with Crippen molar-refractivity contribution in [1.82, 2.24) is 10.2 Å². The normalized spacial score (nSPS) is 12.0. The lowest BCUT2D eigenvalue weighted by Gasteiger charge is -2.33. The molecule has 0 bridgehead atoms. The summed E-state index contributed by atoms with van der Waals surface area (Å²) in [5.74, 6) is -0.802. The molecule has 3 aromatic carbocycles. The van der Waals surface area contributed by atoms with Crippen LogP contribution in [0.15, 0.2) is 83.3 Å². The molecule has 1 atom stereocenters. The van der Waals surface area contributed by atoms with Gasteiger partial charge in [0.25, 0.3) is 0 Å². The van der Waals surface area contributed by atoms with E-state index in [0.29, 0.717) is 5.69 Å². The van der Waals surface area contributed by atoms with E-state index >= 15 is 0 Å². The molecule has 0 radical (unpaired) electrons. The number of carbonyl (C=O) groups excluding carboxylic acids is 2. The summed E-state index contributed by atoms with van der Waals surface area (Å²) in [5, 5.41) is 2.67. The summed E-state index contributed by atoms with van der Waals surface area (Å²) in [6.07, 6.45) is 1.35. The molecule has 9 heteroatoms. The standard InChI is InChI=1S/C27H30BrN3O4S/c1-20-8-7-11-22(16-20)18-30(25(27(33)29-2)17-21-9-5-4-6-10-21)26(32)19-31(36(3,34)35)24-14-12-23(28)13-15-24/h4-16,25H,17-19H2,1-3H3,(H,29,33)/t25-/m1/s1. The molecule has 0 unspecified atom stereocenters. The molecular weight excluding hydrogens is 542 g/mol. The van der Waals surface area contributed by atoms with Crippen molar-refractivity contribution in [3.05, 3.63) is 100 Å². The Kier molecular flexibility index (Phi) is 9.28. The SMILES string of the molecule is CNC(=O)[C@@H](Cc1ccccc1)N(Cc1cccc(C)c1)C(=O)CN(c1ccc(Br)cc1)S(C)(=O)=O. The van der Waals surface area contributed by atoms with Crippen LogP contribution in [-0.2, 0) is 32.6 Å². The van der Waals surface area contributed by atoms with E-state index in [1.165, 1.54) is 11.9 Å². The third-order valence-corrected chi connectivity index (χ3v) is 7.42. The van der Waals surface area contributed by atoms with Gasteiger partial charge >= 0.3 is 0 Å². The molecule has 0 spiro atoms. The maximum atomic E-state index is 13.8. The van der Waals surface area contributed by atoms with Crippen LogP contribution in [0.3, 0.4) is 0 Å². The average Bonchev–Trinajstić information content (AvgIpc) is 2.84. The Labute approximate surface area is 221 Å². The number of carbonyl (C=O) groups is 2. The van der Waals surface area contributed by atoms with Crippen LogP contribution in [0.25, 0.3) is 0 Å². The highest BCUT2D eigenvalue weighted by molar-refractivity contribution is 9.10. The summed E-state index contributed by atoms with van der Waals surface area (Å²) < 4.78 is 27.2. The van der Waals surface area contributed by atoms with Crippen molar-refractivity contribution in [3.63, 3.8) is 0 Å². The van der Waals surface area contributed by atoms with Crippen LogP contribution in [0.5, 0.6) is 0 Å². The van der Waals surface area contributed by atoms with Crippen molar-refractivity contribution in [2.24, 2.45) is 0 Å². The van der Waals surface area contributed by atoms with Crippen LogP contribution >= 0.6 is 15.9 Å². The fourth-order valence-electron chi connectivity index (χ4n) is 3.95. The zero-order valence-corrected chi connectivity index (χ0v) is 22.9. The predicted molar refractivity (Wildman–Crippen MR) is 146 cm³/mol. The first-order valence-electron chi connectivity index (χ1n) is 11.4. The minimum absolute atomic E-state index is 0.156. The molecule has 1 N–H and O–H groups in total. The number of sulfonamides is 1. The largest absolute Gasteiger partial charge is 0.357 e. The molecule has 0 heterocycles. The number of benzene rings is 3. The van der Waals surface area contributed by atoms with Gasteiger partial charge in [0.2, 0.25) is 21.8 Å². The number of hydrogen-bond acceptors (Lipinski definition) is 4. The first-order valence-corrected chi connectivity index (χ1v) is 14.1. The lowest BCUT2D eigenvalue weighted by molar-refractivity contribution is -0.139. The van der Waals surface area contributed by atoms with Crippen LogP contribution in [0.1, 0.15) is 16.7 Å². The molecule has 3 aromatic rings. The second-order valence-corrected chi connectivity index (χ2v) is 11.4. The summed E-state index contributed by atoms with van der Waals surface area (Å²) in [7, 11) is -2.25. The van der Waals surface area contributed by atoms with Crippen LogP contribution in [0.2, 0.25) is 0 Å². The summed E-state index contributed by atoms with van der Waals surface area (Å²) in [5.41, 5.74) is 3.12. The van der Waals surface area contributed by atoms with Gasteiger partial charge < -0.3 is 10.2 Å². The van der Waals surface area contributed by atoms with Crippen molar-refractivity contribution < 1.29 is 18.0 Å². The molecule has 0 saturated carbocycles. The molecular formula is C27H30BrN3O4S. The fourth-order valence-corrected chi connectivity index (χ4v) is 5.06. The average molecular weight is 573 g/mol. The summed E-state index contributed by atoms with van der Waals surface area (Å²) in [6, 6.07) is 23.0. The first kappa shape index (κ1) is 27.4. The molecule has 2 amide bonds. The smallest absolute Gasteiger partial charge is 0.244 e. The monoisotopic (exact) mass is 571 g/mol. The summed E-state index contributed by atoms with van der Waals surface area (Å²) >= 11 is 3.35. The molecule has 0 aliphatic carbocycles. The van der Waals surface area contributed by atoms with Crippen LogP contribution in [-0.4, -0.2) is 51.0 Å². The van der Waals surface area contributed by atoms with Gasteiger partial charge in [0.05, 0.1) is 11.9 Å². The predicted octanol–water partition coefficient (Wildman–Crippen LogP) is 3.91. The number of halogens is 1. The van der Waals surface area contributed by atoms with Crippen molar-refractivity contribution in [3.8, 4) is 0 Å². The minimum atomic E-state index is -3.78. The number of likely N-dealkylation sites (N-methyl/N-ethyl adjacent to an activating group) is 1. The maximum absolute atomic E-state index is 13.8. The molecule has 0 saturated heterocycles. The Balaban J connectivity index is 2.02. The van der Waals surface area contributed by atoms with Gasteiger partial charge in [-0.25, -0.2) is 8.42 Å². The topological polar surface area (TPSA) is 86.8 Å². The van der Waals surface area contributed by atoms with Gasteiger partial charge in [-0.05, 0) is 42.3 Å². The lowest BCUT2D eigenvalue weighted by Crippen LogP contribution is -2.52. The first-order chi connectivity index (χ1) is 17.1. The van der Waals surface area contributed by atoms with Gasteiger partial charge in [0, 0.05) is 24.5 Å². The Morgan fingerprint density at radius 1 is 0.944 bits per heavy atom. The Hall–Kier alpha value is -3.17. The van der Waals surface area contributed by atoms with Crippen molar-refractivity contribution in [2.45, 2.75) is 25.9 Å². The van der Waals surface area contributed by atoms with E-state index in [4.69, 9.17) is 0 Å². The number of hydrogen-bond donors (Lipinski definition) is 1. The van der Waals surface area contributed by atoms with E-state index in [0.717, 1.165) is 31.7 Å². The highest BCUT2D eigenvalue weighted by Gasteiger charge is 2.32. The van der Waals surface area contributed by atoms with Gasteiger partial charge in [0.1, 0.15) is 12.6 Å². The summed E-state index contributed by atoms with van der Waals surface area (Å²) in [4.78, 5) is 28.3. The van der Waals surface area contributed by atoms with E-state index in [1.807, 2.05) is 61.5 Å². The molecule has 0 fully saturated rings. The van der Waals surface area contributed by atoms with E-state index < -0.39 is 28.5 Å². The van der Waals surface area contributed by atoms with Gasteiger partial charge in [0.15, 0.2) is 0 Å². The molecule has 7 nitrogen and oxygen atoms in total. The van der Waals surface area contributed by atoms with Gasteiger partial charge in [-0.1, -0.05) is 76.1 Å². The Bertz CT molecular complexity index is 1300. The van der Waals surface area contributed by atoms with E-state index in [1.54, 1.807) is 24.3 Å². The van der Waals surface area contributed by atoms with Gasteiger partial charge in [-0.2, -0.15) is 0 Å². The third kappa shape index (κ3) is 7.41. The van der Waals surface area contributed by atoms with Gasteiger partial charge in [-0.3, -0.25) is 13.9 Å². The fraction of sp³-hybridized carbons (Fsp3) is 0.259. The zero-order chi connectivity index (χ0) is 26.3. The number of rotatable bonds is 10. The maximum Gasteiger partial charge on any atom is 0.244 e. The van der Waals surface area contributed by atoms with E-state index in [9.17, 15) is 18.0 Å². The second kappa shape index (κ2) is 12.2. The number of aryl methyl sites for hydroxylation is 1. The quantitative estimate of drug-likeness (QED) is 0.399. The number of amides is 2. The van der Waals surface area contributed by atoms with Crippen molar-refractivity contribution >= 4 is 43.5 Å². The van der Waals surface area contributed by atoms with Crippen molar-refractivity contribution in [1.29, 1.82) is 0 Å². The molecule has 190 valence electrons. The number of nitrogens with zero attached hydrogens (tertiary/aromatic N) is 2. The molecule has 3 rings (SSSR count).